The Morgan fingerprint density at radius 1 is 1.19 bits per heavy atom. The fraction of sp³-hybridized carbons (Fsp3) is 0.250. The standard InChI is InChI=1S/C16H18N2O3/c1-18(13-8-9-15(21-3)17-10-13)16(19)14-7-5-4-6-12(14)11-20-2/h4-10H,11H2,1-3H3. The van der Waals surface area contributed by atoms with Gasteiger partial charge in [0.25, 0.3) is 5.91 Å². The molecule has 0 fully saturated rings. The predicted molar refractivity (Wildman–Crippen MR) is 80.7 cm³/mol. The van der Waals surface area contributed by atoms with Crippen LogP contribution in [0.3, 0.4) is 0 Å². The zero-order chi connectivity index (χ0) is 15.2. The Balaban J connectivity index is 2.26. The Labute approximate surface area is 124 Å². The number of hydrogen-bond donors (Lipinski definition) is 0. The molecule has 0 saturated carbocycles. The van der Waals surface area contributed by atoms with Crippen LogP contribution in [0.1, 0.15) is 15.9 Å². The monoisotopic (exact) mass is 286 g/mol. The summed E-state index contributed by atoms with van der Waals surface area (Å²) in [5.74, 6) is 0.411. The van der Waals surface area contributed by atoms with E-state index < -0.39 is 0 Å². The zero-order valence-corrected chi connectivity index (χ0v) is 12.4. The summed E-state index contributed by atoms with van der Waals surface area (Å²) >= 11 is 0. The van der Waals surface area contributed by atoms with Crippen molar-refractivity contribution in [2.45, 2.75) is 6.61 Å². The highest BCUT2D eigenvalue weighted by molar-refractivity contribution is 6.06. The summed E-state index contributed by atoms with van der Waals surface area (Å²) in [4.78, 5) is 18.3. The van der Waals surface area contributed by atoms with Gasteiger partial charge in [0.15, 0.2) is 0 Å². The van der Waals surface area contributed by atoms with Crippen molar-refractivity contribution in [1.29, 1.82) is 0 Å². The lowest BCUT2D eigenvalue weighted by atomic mass is 10.1. The molecule has 0 saturated heterocycles. The number of anilines is 1. The maximum absolute atomic E-state index is 12.6. The Hall–Kier alpha value is -2.40. The largest absolute Gasteiger partial charge is 0.481 e. The molecule has 0 atom stereocenters. The number of carbonyl (C=O) groups is 1. The number of amides is 1. The SMILES string of the molecule is COCc1ccccc1C(=O)N(C)c1ccc(OC)nc1. The summed E-state index contributed by atoms with van der Waals surface area (Å²) in [7, 11) is 4.88. The number of hydrogen-bond acceptors (Lipinski definition) is 4. The van der Waals surface area contributed by atoms with Crippen molar-refractivity contribution in [3.63, 3.8) is 0 Å². The van der Waals surface area contributed by atoms with E-state index in [0.717, 1.165) is 5.56 Å². The molecule has 1 heterocycles. The van der Waals surface area contributed by atoms with Crippen LogP contribution in [0, 0.1) is 0 Å². The molecule has 0 N–H and O–H groups in total. The van der Waals surface area contributed by atoms with E-state index in [2.05, 4.69) is 4.98 Å². The van der Waals surface area contributed by atoms with Crippen LogP contribution in [0.4, 0.5) is 5.69 Å². The van der Waals surface area contributed by atoms with Gasteiger partial charge in [0.2, 0.25) is 5.88 Å². The predicted octanol–water partition coefficient (Wildman–Crippen LogP) is 2.51. The van der Waals surface area contributed by atoms with E-state index in [-0.39, 0.29) is 5.91 Å². The second kappa shape index (κ2) is 6.85. The fourth-order valence-electron chi connectivity index (χ4n) is 2.00. The molecule has 0 radical (unpaired) electrons. The van der Waals surface area contributed by atoms with Crippen LogP contribution in [0.25, 0.3) is 0 Å². The van der Waals surface area contributed by atoms with E-state index in [1.807, 2.05) is 18.2 Å². The normalized spacial score (nSPS) is 10.2. The lowest BCUT2D eigenvalue weighted by Crippen LogP contribution is -2.27. The lowest BCUT2D eigenvalue weighted by molar-refractivity contribution is 0.0988. The van der Waals surface area contributed by atoms with Crippen molar-refractivity contribution in [2.75, 3.05) is 26.2 Å². The summed E-state index contributed by atoms with van der Waals surface area (Å²) in [6.07, 6.45) is 1.61. The van der Waals surface area contributed by atoms with Crippen molar-refractivity contribution < 1.29 is 14.3 Å². The third kappa shape index (κ3) is 3.38. The van der Waals surface area contributed by atoms with Crippen molar-refractivity contribution in [2.24, 2.45) is 0 Å². The first-order chi connectivity index (χ1) is 10.2. The lowest BCUT2D eigenvalue weighted by Gasteiger charge is -2.19. The molecule has 0 aliphatic heterocycles. The fourth-order valence-corrected chi connectivity index (χ4v) is 2.00. The molecule has 0 bridgehead atoms. The molecular formula is C16H18N2O3. The van der Waals surface area contributed by atoms with Gasteiger partial charge in [-0.2, -0.15) is 0 Å². The second-order valence-electron chi connectivity index (χ2n) is 4.51. The molecule has 110 valence electrons. The van der Waals surface area contributed by atoms with Crippen molar-refractivity contribution >= 4 is 11.6 Å². The third-order valence-corrected chi connectivity index (χ3v) is 3.17. The molecule has 5 nitrogen and oxygen atoms in total. The summed E-state index contributed by atoms with van der Waals surface area (Å²) in [6, 6.07) is 10.9. The van der Waals surface area contributed by atoms with Gasteiger partial charge in [-0.1, -0.05) is 18.2 Å². The topological polar surface area (TPSA) is 51.7 Å². The van der Waals surface area contributed by atoms with Gasteiger partial charge in [-0.25, -0.2) is 4.98 Å². The summed E-state index contributed by atoms with van der Waals surface area (Å²) in [5.41, 5.74) is 2.18. The quantitative estimate of drug-likeness (QED) is 0.847. The smallest absolute Gasteiger partial charge is 0.258 e. The molecule has 21 heavy (non-hydrogen) atoms. The number of benzene rings is 1. The molecule has 0 spiro atoms. The van der Waals surface area contributed by atoms with Crippen LogP contribution in [0.5, 0.6) is 5.88 Å². The molecule has 2 aromatic rings. The average molecular weight is 286 g/mol. The zero-order valence-electron chi connectivity index (χ0n) is 12.4. The summed E-state index contributed by atoms with van der Waals surface area (Å²) < 4.78 is 10.1. The highest BCUT2D eigenvalue weighted by atomic mass is 16.5. The first-order valence-electron chi connectivity index (χ1n) is 6.52. The average Bonchev–Trinajstić information content (AvgIpc) is 2.54. The number of carbonyl (C=O) groups excluding carboxylic acids is 1. The minimum absolute atomic E-state index is 0.102. The first-order valence-corrected chi connectivity index (χ1v) is 6.52. The first kappa shape index (κ1) is 15.0. The summed E-state index contributed by atoms with van der Waals surface area (Å²) in [6.45, 7) is 0.399. The van der Waals surface area contributed by atoms with Crippen LogP contribution in [0.2, 0.25) is 0 Å². The maximum Gasteiger partial charge on any atom is 0.258 e. The van der Waals surface area contributed by atoms with Crippen LogP contribution in [-0.4, -0.2) is 32.2 Å². The number of rotatable bonds is 5. The van der Waals surface area contributed by atoms with Gasteiger partial charge in [-0.3, -0.25) is 4.79 Å². The van der Waals surface area contributed by atoms with Crippen LogP contribution in [-0.2, 0) is 11.3 Å². The van der Waals surface area contributed by atoms with Crippen LogP contribution >= 0.6 is 0 Å². The Morgan fingerprint density at radius 3 is 2.57 bits per heavy atom. The molecule has 0 aliphatic rings. The number of aromatic nitrogens is 1. The van der Waals surface area contributed by atoms with Crippen molar-refractivity contribution in [3.05, 3.63) is 53.7 Å². The third-order valence-electron chi connectivity index (χ3n) is 3.17. The van der Waals surface area contributed by atoms with E-state index in [4.69, 9.17) is 9.47 Å². The van der Waals surface area contributed by atoms with Gasteiger partial charge in [0.05, 0.1) is 25.6 Å². The van der Waals surface area contributed by atoms with E-state index in [1.54, 1.807) is 50.6 Å². The van der Waals surface area contributed by atoms with Gasteiger partial charge in [-0.05, 0) is 17.7 Å². The number of methoxy groups -OCH3 is 2. The second-order valence-corrected chi connectivity index (χ2v) is 4.51. The van der Waals surface area contributed by atoms with Crippen LogP contribution in [0.15, 0.2) is 42.6 Å². The Bertz CT molecular complexity index is 611. The minimum Gasteiger partial charge on any atom is -0.481 e. The molecule has 1 aromatic heterocycles. The van der Waals surface area contributed by atoms with Gasteiger partial charge >= 0.3 is 0 Å². The minimum atomic E-state index is -0.102. The van der Waals surface area contributed by atoms with E-state index in [9.17, 15) is 4.79 Å². The molecule has 2 rings (SSSR count). The summed E-state index contributed by atoms with van der Waals surface area (Å²) in [5, 5.41) is 0. The van der Waals surface area contributed by atoms with E-state index in [1.165, 1.54) is 0 Å². The van der Waals surface area contributed by atoms with Gasteiger partial charge < -0.3 is 14.4 Å². The van der Waals surface area contributed by atoms with Crippen molar-refractivity contribution in [1.82, 2.24) is 4.98 Å². The highest BCUT2D eigenvalue weighted by Gasteiger charge is 2.17. The molecule has 0 aliphatic carbocycles. The molecule has 5 heteroatoms. The Morgan fingerprint density at radius 2 is 1.95 bits per heavy atom. The molecule has 1 aromatic carbocycles. The van der Waals surface area contributed by atoms with Gasteiger partial charge in [-0.15, -0.1) is 0 Å². The molecular weight excluding hydrogens is 268 g/mol. The number of ether oxygens (including phenoxy) is 2. The van der Waals surface area contributed by atoms with Gasteiger partial charge in [0, 0.05) is 25.8 Å². The van der Waals surface area contributed by atoms with Crippen molar-refractivity contribution in [3.8, 4) is 5.88 Å². The maximum atomic E-state index is 12.6. The number of pyridine rings is 1. The Kier molecular flexibility index (Phi) is 4.90. The number of nitrogens with zero attached hydrogens (tertiary/aromatic N) is 2. The molecule has 1 amide bonds. The van der Waals surface area contributed by atoms with Crippen LogP contribution < -0.4 is 9.64 Å². The van der Waals surface area contributed by atoms with E-state index >= 15 is 0 Å². The molecule has 0 unspecified atom stereocenters. The highest BCUT2D eigenvalue weighted by Crippen LogP contribution is 2.19. The van der Waals surface area contributed by atoms with E-state index in [0.29, 0.717) is 23.7 Å². The van der Waals surface area contributed by atoms with Gasteiger partial charge in [0.1, 0.15) is 0 Å².